The van der Waals surface area contributed by atoms with Crippen LogP contribution in [0.3, 0.4) is 0 Å². The van der Waals surface area contributed by atoms with Gasteiger partial charge in [0.25, 0.3) is 0 Å². The van der Waals surface area contributed by atoms with E-state index in [1.807, 2.05) is 6.92 Å². The zero-order valence-corrected chi connectivity index (χ0v) is 8.05. The van der Waals surface area contributed by atoms with Crippen molar-refractivity contribution in [2.75, 3.05) is 0 Å². The Morgan fingerprint density at radius 1 is 1.46 bits per heavy atom. The van der Waals surface area contributed by atoms with Gasteiger partial charge in [0.2, 0.25) is 0 Å². The predicted molar refractivity (Wildman–Crippen MR) is 49.5 cm³/mol. The van der Waals surface area contributed by atoms with Gasteiger partial charge in [0.15, 0.2) is 0 Å². The molecule has 0 radical (unpaired) electrons. The first kappa shape index (κ1) is 9.00. The SMILES string of the molecule is C[C@@]1(C(=O)O)CC2CCCCC2N1. The molecule has 2 unspecified atom stereocenters. The Bertz CT molecular complexity index is 213. The summed E-state index contributed by atoms with van der Waals surface area (Å²) in [5.41, 5.74) is -0.653. The van der Waals surface area contributed by atoms with Crippen LogP contribution in [0.25, 0.3) is 0 Å². The summed E-state index contributed by atoms with van der Waals surface area (Å²) in [6.07, 6.45) is 5.71. The van der Waals surface area contributed by atoms with Crippen molar-refractivity contribution in [2.24, 2.45) is 5.92 Å². The van der Waals surface area contributed by atoms with Gasteiger partial charge in [-0.2, -0.15) is 0 Å². The predicted octanol–water partition coefficient (Wildman–Crippen LogP) is 1.38. The number of hydrogen-bond acceptors (Lipinski definition) is 2. The molecule has 0 bridgehead atoms. The van der Waals surface area contributed by atoms with Crippen molar-refractivity contribution < 1.29 is 9.90 Å². The number of carbonyl (C=O) groups is 1. The molecule has 2 N–H and O–H groups in total. The van der Waals surface area contributed by atoms with Gasteiger partial charge in [0.1, 0.15) is 5.54 Å². The molecule has 74 valence electrons. The van der Waals surface area contributed by atoms with Crippen molar-refractivity contribution in [2.45, 2.75) is 50.6 Å². The first-order chi connectivity index (χ1) is 6.12. The normalized spacial score (nSPS) is 44.4. The van der Waals surface area contributed by atoms with E-state index < -0.39 is 11.5 Å². The van der Waals surface area contributed by atoms with E-state index in [1.165, 1.54) is 19.3 Å². The van der Waals surface area contributed by atoms with Crippen LogP contribution >= 0.6 is 0 Å². The molecule has 1 aliphatic carbocycles. The van der Waals surface area contributed by atoms with Crippen molar-refractivity contribution >= 4 is 5.97 Å². The van der Waals surface area contributed by atoms with Gasteiger partial charge in [-0.15, -0.1) is 0 Å². The van der Waals surface area contributed by atoms with Crippen LogP contribution in [0.1, 0.15) is 39.0 Å². The molecule has 1 saturated heterocycles. The molecule has 2 fully saturated rings. The maximum atomic E-state index is 11.0. The minimum atomic E-state index is -0.693. The van der Waals surface area contributed by atoms with Crippen LogP contribution in [0.4, 0.5) is 0 Å². The fourth-order valence-electron chi connectivity index (χ4n) is 2.78. The van der Waals surface area contributed by atoms with E-state index in [0.717, 1.165) is 12.8 Å². The molecule has 1 saturated carbocycles. The highest BCUT2D eigenvalue weighted by molar-refractivity contribution is 5.78. The molecule has 1 heterocycles. The molecule has 2 aliphatic rings. The zero-order chi connectivity index (χ0) is 9.47. The minimum Gasteiger partial charge on any atom is -0.480 e. The second kappa shape index (κ2) is 2.98. The Hall–Kier alpha value is -0.570. The van der Waals surface area contributed by atoms with Crippen molar-refractivity contribution in [3.63, 3.8) is 0 Å². The maximum Gasteiger partial charge on any atom is 0.323 e. The van der Waals surface area contributed by atoms with E-state index >= 15 is 0 Å². The monoisotopic (exact) mass is 183 g/mol. The molecule has 3 atom stereocenters. The highest BCUT2D eigenvalue weighted by Gasteiger charge is 2.46. The molecule has 0 amide bonds. The molecule has 3 nitrogen and oxygen atoms in total. The smallest absolute Gasteiger partial charge is 0.323 e. The van der Waals surface area contributed by atoms with Gasteiger partial charge in [-0.3, -0.25) is 10.1 Å². The summed E-state index contributed by atoms with van der Waals surface area (Å²) in [7, 11) is 0. The highest BCUT2D eigenvalue weighted by atomic mass is 16.4. The molecule has 0 aromatic rings. The molecule has 0 spiro atoms. The Balaban J connectivity index is 2.10. The standard InChI is InChI=1S/C10H17NO2/c1-10(9(12)13)6-7-4-2-3-5-8(7)11-10/h7-8,11H,2-6H2,1H3,(H,12,13)/t7?,8?,10-/m0/s1. The Kier molecular flexibility index (Phi) is 2.06. The number of hydrogen-bond donors (Lipinski definition) is 2. The minimum absolute atomic E-state index is 0.467. The van der Waals surface area contributed by atoms with Gasteiger partial charge in [-0.05, 0) is 32.1 Å². The number of rotatable bonds is 1. The molecule has 2 rings (SSSR count). The van der Waals surface area contributed by atoms with Crippen LogP contribution in [0.15, 0.2) is 0 Å². The number of carboxylic acid groups (broad SMARTS) is 1. The van der Waals surface area contributed by atoms with Crippen molar-refractivity contribution in [1.82, 2.24) is 5.32 Å². The number of nitrogens with one attached hydrogen (secondary N) is 1. The van der Waals surface area contributed by atoms with Crippen LogP contribution in [0.2, 0.25) is 0 Å². The third-order valence-electron chi connectivity index (χ3n) is 3.56. The van der Waals surface area contributed by atoms with Gasteiger partial charge in [0.05, 0.1) is 0 Å². The topological polar surface area (TPSA) is 49.3 Å². The Labute approximate surface area is 78.5 Å². The summed E-state index contributed by atoms with van der Waals surface area (Å²) in [4.78, 5) is 11.0. The van der Waals surface area contributed by atoms with E-state index in [-0.39, 0.29) is 0 Å². The fourth-order valence-corrected chi connectivity index (χ4v) is 2.78. The average Bonchev–Trinajstić information content (AvgIpc) is 2.42. The summed E-state index contributed by atoms with van der Waals surface area (Å²) in [6, 6.07) is 0.467. The van der Waals surface area contributed by atoms with Crippen molar-refractivity contribution in [3.05, 3.63) is 0 Å². The largest absolute Gasteiger partial charge is 0.480 e. The fraction of sp³-hybridized carbons (Fsp3) is 0.900. The summed E-state index contributed by atoms with van der Waals surface area (Å²) in [6.45, 7) is 1.81. The zero-order valence-electron chi connectivity index (χ0n) is 8.05. The second-order valence-electron chi connectivity index (χ2n) is 4.64. The summed E-state index contributed by atoms with van der Waals surface area (Å²) >= 11 is 0. The Morgan fingerprint density at radius 3 is 2.77 bits per heavy atom. The lowest BCUT2D eigenvalue weighted by atomic mass is 9.83. The molecule has 0 aromatic heterocycles. The Morgan fingerprint density at radius 2 is 2.15 bits per heavy atom. The summed E-state index contributed by atoms with van der Waals surface area (Å²) in [5, 5.41) is 12.3. The van der Waals surface area contributed by atoms with Crippen LogP contribution in [0, 0.1) is 5.92 Å². The van der Waals surface area contributed by atoms with Gasteiger partial charge in [0, 0.05) is 6.04 Å². The van der Waals surface area contributed by atoms with Crippen LogP contribution in [-0.2, 0) is 4.79 Å². The quantitative estimate of drug-likeness (QED) is 0.645. The molecule has 3 heteroatoms. The lowest BCUT2D eigenvalue weighted by Crippen LogP contribution is -2.47. The first-order valence-electron chi connectivity index (χ1n) is 5.13. The lowest BCUT2D eigenvalue weighted by molar-refractivity contribution is -0.143. The summed E-state index contributed by atoms with van der Waals surface area (Å²) < 4.78 is 0. The molecule has 0 aromatic carbocycles. The third-order valence-corrected chi connectivity index (χ3v) is 3.56. The van der Waals surface area contributed by atoms with Crippen LogP contribution in [-0.4, -0.2) is 22.7 Å². The van der Waals surface area contributed by atoms with E-state index in [2.05, 4.69) is 5.32 Å². The van der Waals surface area contributed by atoms with Crippen LogP contribution < -0.4 is 5.32 Å². The molecule has 1 aliphatic heterocycles. The average molecular weight is 183 g/mol. The van der Waals surface area contributed by atoms with Crippen molar-refractivity contribution in [1.29, 1.82) is 0 Å². The van der Waals surface area contributed by atoms with E-state index in [1.54, 1.807) is 0 Å². The molecular weight excluding hydrogens is 166 g/mol. The van der Waals surface area contributed by atoms with Gasteiger partial charge in [-0.25, -0.2) is 0 Å². The van der Waals surface area contributed by atoms with Gasteiger partial charge < -0.3 is 5.11 Å². The first-order valence-corrected chi connectivity index (χ1v) is 5.13. The second-order valence-corrected chi connectivity index (χ2v) is 4.64. The van der Waals surface area contributed by atoms with E-state index in [0.29, 0.717) is 12.0 Å². The summed E-state index contributed by atoms with van der Waals surface area (Å²) in [5.74, 6) is -0.0863. The lowest BCUT2D eigenvalue weighted by Gasteiger charge is -2.24. The van der Waals surface area contributed by atoms with Gasteiger partial charge in [-0.1, -0.05) is 12.8 Å². The van der Waals surface area contributed by atoms with Gasteiger partial charge >= 0.3 is 5.97 Å². The number of fused-ring (bicyclic) bond motifs is 1. The number of aliphatic carboxylic acids is 1. The van der Waals surface area contributed by atoms with Crippen molar-refractivity contribution in [3.8, 4) is 0 Å². The maximum absolute atomic E-state index is 11.0. The van der Waals surface area contributed by atoms with Crippen LogP contribution in [0.5, 0.6) is 0 Å². The third kappa shape index (κ3) is 1.46. The highest BCUT2D eigenvalue weighted by Crippen LogP contribution is 2.37. The molecule has 13 heavy (non-hydrogen) atoms. The van der Waals surface area contributed by atoms with E-state index in [9.17, 15) is 4.79 Å². The molecular formula is C10H17NO2. The number of carboxylic acids is 1. The van der Waals surface area contributed by atoms with E-state index in [4.69, 9.17) is 5.11 Å².